The van der Waals surface area contributed by atoms with Crippen LogP contribution in [0, 0.1) is 6.61 Å². The molecule has 10 heteroatoms. The molecule has 5 N–H and O–H groups in total. The Kier molecular flexibility index (Phi) is 4.93. The van der Waals surface area contributed by atoms with Crippen molar-refractivity contribution in [3.8, 4) is 0 Å². The Balaban J connectivity index is 1.63. The Labute approximate surface area is 133 Å². The molecule has 23 heavy (non-hydrogen) atoms. The zero-order chi connectivity index (χ0) is 16.5. The van der Waals surface area contributed by atoms with Gasteiger partial charge in [0.1, 0.15) is 0 Å². The van der Waals surface area contributed by atoms with Crippen LogP contribution >= 0.6 is 8.17 Å². The van der Waals surface area contributed by atoms with Gasteiger partial charge in [-0.2, -0.15) is 0 Å². The minimum absolute atomic E-state index is 0.255. The van der Waals surface area contributed by atoms with Gasteiger partial charge in [-0.3, -0.25) is 0 Å². The summed E-state index contributed by atoms with van der Waals surface area (Å²) in [6, 6.07) is 3.56. The molecule has 1 aromatic heterocycles. The second-order valence-corrected chi connectivity index (χ2v) is 7.34. The Bertz CT molecular complexity index is 538. The predicted molar refractivity (Wildman–Crippen MR) is 79.4 cm³/mol. The topological polar surface area (TPSA) is 137 Å². The van der Waals surface area contributed by atoms with Gasteiger partial charge in [-0.05, 0) is 0 Å². The van der Waals surface area contributed by atoms with E-state index in [0.717, 1.165) is 12.2 Å². The zero-order valence-electron chi connectivity index (χ0n) is 12.2. The summed E-state index contributed by atoms with van der Waals surface area (Å²) in [6.45, 7) is 0.876. The van der Waals surface area contributed by atoms with E-state index in [1.165, 1.54) is 0 Å². The number of nitrogens with zero attached hydrogens (tertiary/aromatic N) is 1. The molecular weight excluding hydrogens is 327 g/mol. The summed E-state index contributed by atoms with van der Waals surface area (Å²) in [6.07, 6.45) is 0.831. The van der Waals surface area contributed by atoms with Crippen molar-refractivity contribution < 1.29 is 33.4 Å². The average Bonchev–Trinajstić information content (AvgIpc) is 2.82. The van der Waals surface area contributed by atoms with Gasteiger partial charge in [-0.25, -0.2) is 0 Å². The van der Waals surface area contributed by atoms with E-state index in [9.17, 15) is 15.1 Å². The zero-order valence-corrected chi connectivity index (χ0v) is 13.2. The number of aromatic nitrogens is 1. The molecule has 3 rings (SSSR count). The molecule has 9 nitrogen and oxygen atoms in total. The molecule has 2 saturated heterocycles. The third-order valence-corrected chi connectivity index (χ3v) is 5.43. The third-order valence-electron chi connectivity index (χ3n) is 3.76. The molecule has 0 saturated carbocycles. The number of nitrogens with two attached hydrogens (primary N) is 1. The SMILES string of the molecule is N[C@]1(CO[PH]2(O)OCCC(c3ccncc3)O2)O[CH][C@@H](O)[C@@H]1O. The normalized spacial score (nSPS) is 38.3. The first-order valence-electron chi connectivity index (χ1n) is 7.16. The maximum absolute atomic E-state index is 10.4. The van der Waals surface area contributed by atoms with E-state index in [1.807, 2.05) is 0 Å². The summed E-state index contributed by atoms with van der Waals surface area (Å²) in [5.41, 5.74) is 5.00. The first kappa shape index (κ1) is 17.1. The van der Waals surface area contributed by atoms with Gasteiger partial charge < -0.3 is 0 Å². The molecule has 0 bridgehead atoms. The number of ether oxygens (including phenoxy) is 1. The number of hydrogen-bond acceptors (Lipinski definition) is 9. The Morgan fingerprint density at radius 3 is 2.78 bits per heavy atom. The van der Waals surface area contributed by atoms with Crippen LogP contribution in [0.25, 0.3) is 0 Å². The molecule has 129 valence electrons. The summed E-state index contributed by atoms with van der Waals surface area (Å²) < 4.78 is 21.2. The van der Waals surface area contributed by atoms with Gasteiger partial charge in [-0.1, -0.05) is 0 Å². The molecule has 2 aliphatic heterocycles. The van der Waals surface area contributed by atoms with Crippen LogP contribution in [0.1, 0.15) is 18.1 Å². The first-order chi connectivity index (χ1) is 10.9. The van der Waals surface area contributed by atoms with Crippen molar-refractivity contribution in [1.29, 1.82) is 0 Å². The molecule has 0 aromatic carbocycles. The molecule has 0 amide bonds. The van der Waals surface area contributed by atoms with Crippen molar-refractivity contribution in [3.05, 3.63) is 36.7 Å². The summed E-state index contributed by atoms with van der Waals surface area (Å²) in [4.78, 5) is 14.4. The Morgan fingerprint density at radius 2 is 2.13 bits per heavy atom. The van der Waals surface area contributed by atoms with Crippen LogP contribution in [-0.4, -0.2) is 51.2 Å². The van der Waals surface area contributed by atoms with Gasteiger partial charge in [0.05, 0.1) is 0 Å². The number of pyridine rings is 1. The molecule has 2 fully saturated rings. The van der Waals surface area contributed by atoms with Gasteiger partial charge >= 0.3 is 133 Å². The summed E-state index contributed by atoms with van der Waals surface area (Å²) in [7, 11) is -3.94. The number of hydrogen-bond donors (Lipinski definition) is 4. The van der Waals surface area contributed by atoms with E-state index in [2.05, 4.69) is 4.98 Å². The van der Waals surface area contributed by atoms with Crippen LogP contribution in [0.15, 0.2) is 24.5 Å². The fourth-order valence-corrected chi connectivity index (χ4v) is 4.03. The molecule has 1 unspecified atom stereocenters. The van der Waals surface area contributed by atoms with Crippen molar-refractivity contribution in [2.45, 2.75) is 30.5 Å². The van der Waals surface area contributed by atoms with Crippen LogP contribution in [0.3, 0.4) is 0 Å². The standard InChI is InChI=1S/C13H20N2O7P/c14-13(12(17)10(16)7-19-13)8-21-23(18)20-6-3-11(22-23)9-1-4-15-5-2-9/h1-2,4-5,7,10-12,16-18,23H,3,6,8,14H2/t10-,11?,12+,13-/m1/s1. The molecule has 0 aliphatic carbocycles. The van der Waals surface area contributed by atoms with Gasteiger partial charge in [0.15, 0.2) is 0 Å². The molecule has 3 heterocycles. The van der Waals surface area contributed by atoms with Crippen LogP contribution in [-0.2, 0) is 18.3 Å². The maximum atomic E-state index is 10.4. The van der Waals surface area contributed by atoms with Gasteiger partial charge in [-0.15, -0.1) is 0 Å². The molecule has 4 atom stereocenters. The van der Waals surface area contributed by atoms with E-state index < -0.39 is 32.7 Å². The number of aliphatic hydroxyl groups is 2. The third kappa shape index (κ3) is 3.69. The van der Waals surface area contributed by atoms with E-state index in [4.69, 9.17) is 24.0 Å². The van der Waals surface area contributed by atoms with Crippen molar-refractivity contribution in [2.75, 3.05) is 13.2 Å². The van der Waals surface area contributed by atoms with Crippen LogP contribution in [0.2, 0.25) is 0 Å². The van der Waals surface area contributed by atoms with Crippen LogP contribution in [0.5, 0.6) is 0 Å². The van der Waals surface area contributed by atoms with Crippen molar-refractivity contribution in [1.82, 2.24) is 4.98 Å². The molecule has 0 spiro atoms. The van der Waals surface area contributed by atoms with Crippen molar-refractivity contribution in [2.24, 2.45) is 5.73 Å². The van der Waals surface area contributed by atoms with E-state index in [0.29, 0.717) is 6.42 Å². The second-order valence-electron chi connectivity index (χ2n) is 5.48. The molecular formula is C13H20N2O7P. The van der Waals surface area contributed by atoms with Gasteiger partial charge in [0.2, 0.25) is 0 Å². The van der Waals surface area contributed by atoms with Gasteiger partial charge in [0.25, 0.3) is 0 Å². The molecule has 1 radical (unpaired) electrons. The molecule has 1 aromatic rings. The first-order valence-corrected chi connectivity index (χ1v) is 8.83. The van der Waals surface area contributed by atoms with E-state index in [1.54, 1.807) is 24.5 Å². The number of aliphatic hydroxyl groups excluding tert-OH is 2. The second kappa shape index (κ2) is 6.64. The van der Waals surface area contributed by atoms with Crippen LogP contribution in [0.4, 0.5) is 0 Å². The minimum atomic E-state index is -3.94. The fraction of sp³-hybridized carbons (Fsp3) is 0.538. The Hall–Kier alpha value is -0.740. The molecule has 2 aliphatic rings. The van der Waals surface area contributed by atoms with E-state index in [-0.39, 0.29) is 12.7 Å². The number of rotatable bonds is 4. The van der Waals surface area contributed by atoms with Crippen molar-refractivity contribution >= 4 is 8.17 Å². The Morgan fingerprint density at radius 1 is 1.39 bits per heavy atom. The summed E-state index contributed by atoms with van der Waals surface area (Å²) in [5.74, 6) is 0. The fourth-order valence-electron chi connectivity index (χ4n) is 2.41. The summed E-state index contributed by atoms with van der Waals surface area (Å²) in [5, 5.41) is 19.2. The quantitative estimate of drug-likeness (QED) is 0.534. The predicted octanol–water partition coefficient (Wildman–Crippen LogP) is -0.453. The summed E-state index contributed by atoms with van der Waals surface area (Å²) >= 11 is 0. The monoisotopic (exact) mass is 347 g/mol. The average molecular weight is 347 g/mol. The van der Waals surface area contributed by atoms with Crippen LogP contribution < -0.4 is 5.73 Å². The van der Waals surface area contributed by atoms with E-state index >= 15 is 0 Å². The van der Waals surface area contributed by atoms with Gasteiger partial charge in [0, 0.05) is 0 Å². The van der Waals surface area contributed by atoms with Crippen molar-refractivity contribution in [3.63, 3.8) is 0 Å².